The lowest BCUT2D eigenvalue weighted by Gasteiger charge is -2.15. The Bertz CT molecular complexity index is 189. The van der Waals surface area contributed by atoms with E-state index in [2.05, 4.69) is 5.32 Å². The molecular formula is C14H27NO. The van der Waals surface area contributed by atoms with Gasteiger partial charge in [-0.1, -0.05) is 19.3 Å². The molecule has 2 heteroatoms. The third-order valence-electron chi connectivity index (χ3n) is 4.46. The Balaban J connectivity index is 1.45. The maximum absolute atomic E-state index is 9.70. The Morgan fingerprint density at radius 2 is 1.81 bits per heavy atom. The third-order valence-corrected chi connectivity index (χ3v) is 4.46. The number of rotatable bonds is 6. The predicted molar refractivity (Wildman–Crippen MR) is 67.4 cm³/mol. The van der Waals surface area contributed by atoms with Gasteiger partial charge in [0.05, 0.1) is 6.10 Å². The maximum Gasteiger partial charge on any atom is 0.0568 e. The molecule has 2 atom stereocenters. The van der Waals surface area contributed by atoms with Gasteiger partial charge in [0.15, 0.2) is 0 Å². The molecule has 0 bridgehead atoms. The van der Waals surface area contributed by atoms with Gasteiger partial charge in [-0.2, -0.15) is 0 Å². The van der Waals surface area contributed by atoms with Crippen LogP contribution in [0.25, 0.3) is 0 Å². The molecule has 2 rings (SSSR count). The quantitative estimate of drug-likeness (QED) is 0.681. The van der Waals surface area contributed by atoms with Crippen LogP contribution in [0.2, 0.25) is 0 Å². The van der Waals surface area contributed by atoms with E-state index in [1.54, 1.807) is 0 Å². The first kappa shape index (κ1) is 12.4. The molecule has 0 aliphatic heterocycles. The van der Waals surface area contributed by atoms with Crippen LogP contribution in [0.5, 0.6) is 0 Å². The Morgan fingerprint density at radius 3 is 2.50 bits per heavy atom. The van der Waals surface area contributed by atoms with Gasteiger partial charge in [-0.3, -0.25) is 0 Å². The lowest BCUT2D eigenvalue weighted by Crippen LogP contribution is -2.23. The Hall–Kier alpha value is -0.0800. The maximum atomic E-state index is 9.70. The van der Waals surface area contributed by atoms with Crippen molar-refractivity contribution in [1.29, 1.82) is 0 Å². The Labute approximate surface area is 99.8 Å². The van der Waals surface area contributed by atoms with Crippen LogP contribution < -0.4 is 5.32 Å². The lowest BCUT2D eigenvalue weighted by molar-refractivity contribution is 0.126. The molecule has 2 N–H and O–H groups in total. The van der Waals surface area contributed by atoms with Crippen molar-refractivity contribution in [2.24, 2.45) is 11.8 Å². The molecule has 16 heavy (non-hydrogen) atoms. The van der Waals surface area contributed by atoms with Gasteiger partial charge in [0.1, 0.15) is 0 Å². The van der Waals surface area contributed by atoms with Gasteiger partial charge in [0, 0.05) is 0 Å². The molecule has 2 nitrogen and oxygen atoms in total. The fraction of sp³-hybridized carbons (Fsp3) is 1.00. The molecule has 94 valence electrons. The second kappa shape index (κ2) is 6.61. The second-order valence-corrected chi connectivity index (χ2v) is 5.76. The summed E-state index contributed by atoms with van der Waals surface area (Å²) in [6.45, 7) is 2.38. The van der Waals surface area contributed by atoms with Crippen molar-refractivity contribution in [1.82, 2.24) is 5.32 Å². The average molecular weight is 225 g/mol. The van der Waals surface area contributed by atoms with Gasteiger partial charge in [0.25, 0.3) is 0 Å². The van der Waals surface area contributed by atoms with E-state index in [9.17, 15) is 5.11 Å². The van der Waals surface area contributed by atoms with Crippen LogP contribution in [-0.2, 0) is 0 Å². The molecule has 0 saturated heterocycles. The number of nitrogens with one attached hydrogen (secondary N) is 1. The summed E-state index contributed by atoms with van der Waals surface area (Å²) in [5.74, 6) is 1.56. The average Bonchev–Trinajstić information content (AvgIpc) is 2.90. The predicted octanol–water partition coefficient (Wildman–Crippen LogP) is 2.71. The minimum atomic E-state index is 0.00910. The molecule has 2 unspecified atom stereocenters. The molecule has 2 fully saturated rings. The molecule has 0 aromatic rings. The van der Waals surface area contributed by atoms with E-state index in [-0.39, 0.29) is 6.10 Å². The SMILES string of the molecule is OC1CCCC1CCCNCC1CCCC1. The van der Waals surface area contributed by atoms with E-state index in [0.717, 1.165) is 18.9 Å². The number of aliphatic hydroxyl groups is 1. The summed E-state index contributed by atoms with van der Waals surface area (Å²) in [4.78, 5) is 0. The highest BCUT2D eigenvalue weighted by molar-refractivity contribution is 4.76. The van der Waals surface area contributed by atoms with Gasteiger partial charge in [-0.05, 0) is 63.5 Å². The molecule has 0 aromatic heterocycles. The number of aliphatic hydroxyl groups excluding tert-OH is 1. The summed E-state index contributed by atoms with van der Waals surface area (Å²) in [6.07, 6.45) is 11.8. The van der Waals surface area contributed by atoms with Crippen LogP contribution in [-0.4, -0.2) is 24.3 Å². The van der Waals surface area contributed by atoms with Gasteiger partial charge >= 0.3 is 0 Å². The summed E-state index contributed by atoms with van der Waals surface area (Å²) >= 11 is 0. The molecule has 2 aliphatic carbocycles. The normalized spacial score (nSPS) is 31.3. The summed E-state index contributed by atoms with van der Waals surface area (Å²) in [6, 6.07) is 0. The van der Waals surface area contributed by atoms with Crippen molar-refractivity contribution in [2.45, 2.75) is 63.9 Å². The molecule has 0 aromatic carbocycles. The van der Waals surface area contributed by atoms with Gasteiger partial charge in [-0.25, -0.2) is 0 Å². The molecule has 2 aliphatic rings. The van der Waals surface area contributed by atoms with E-state index < -0.39 is 0 Å². The van der Waals surface area contributed by atoms with Crippen LogP contribution in [0.3, 0.4) is 0 Å². The van der Waals surface area contributed by atoms with Crippen LogP contribution in [0, 0.1) is 11.8 Å². The first-order chi connectivity index (χ1) is 7.86. The van der Waals surface area contributed by atoms with Crippen LogP contribution in [0.4, 0.5) is 0 Å². The molecule has 0 spiro atoms. The Kier molecular flexibility index (Phi) is 5.11. The standard InChI is InChI=1S/C14H27NO/c16-14-9-3-7-13(14)8-4-10-15-11-12-5-1-2-6-12/h12-16H,1-11H2. The summed E-state index contributed by atoms with van der Waals surface area (Å²) < 4.78 is 0. The van der Waals surface area contributed by atoms with Crippen molar-refractivity contribution < 1.29 is 5.11 Å². The third kappa shape index (κ3) is 3.74. The summed E-state index contributed by atoms with van der Waals surface area (Å²) in [7, 11) is 0. The highest BCUT2D eigenvalue weighted by Crippen LogP contribution is 2.29. The first-order valence-electron chi connectivity index (χ1n) is 7.25. The van der Waals surface area contributed by atoms with Crippen molar-refractivity contribution in [3.05, 3.63) is 0 Å². The first-order valence-corrected chi connectivity index (χ1v) is 7.25. The van der Waals surface area contributed by atoms with E-state index in [4.69, 9.17) is 0 Å². The van der Waals surface area contributed by atoms with E-state index >= 15 is 0 Å². The Morgan fingerprint density at radius 1 is 1.00 bits per heavy atom. The highest BCUT2D eigenvalue weighted by atomic mass is 16.3. The zero-order chi connectivity index (χ0) is 11.2. The molecule has 2 saturated carbocycles. The molecular weight excluding hydrogens is 198 g/mol. The minimum absolute atomic E-state index is 0.00910. The van der Waals surface area contributed by atoms with Crippen molar-refractivity contribution in [3.63, 3.8) is 0 Å². The van der Waals surface area contributed by atoms with Crippen molar-refractivity contribution in [2.75, 3.05) is 13.1 Å². The topological polar surface area (TPSA) is 32.3 Å². The highest BCUT2D eigenvalue weighted by Gasteiger charge is 2.24. The van der Waals surface area contributed by atoms with Gasteiger partial charge in [0.2, 0.25) is 0 Å². The van der Waals surface area contributed by atoms with E-state index in [1.165, 1.54) is 57.9 Å². The summed E-state index contributed by atoms with van der Waals surface area (Å²) in [5.41, 5.74) is 0. The minimum Gasteiger partial charge on any atom is -0.393 e. The van der Waals surface area contributed by atoms with Crippen molar-refractivity contribution in [3.8, 4) is 0 Å². The zero-order valence-electron chi connectivity index (χ0n) is 10.5. The number of hydrogen-bond acceptors (Lipinski definition) is 2. The molecule has 0 heterocycles. The summed E-state index contributed by atoms with van der Waals surface area (Å²) in [5, 5.41) is 13.3. The molecule has 0 radical (unpaired) electrons. The monoisotopic (exact) mass is 225 g/mol. The van der Waals surface area contributed by atoms with E-state index in [1.807, 2.05) is 0 Å². The fourth-order valence-electron chi connectivity index (χ4n) is 3.36. The lowest BCUT2D eigenvalue weighted by atomic mass is 9.99. The van der Waals surface area contributed by atoms with Gasteiger partial charge in [-0.15, -0.1) is 0 Å². The van der Waals surface area contributed by atoms with Gasteiger partial charge < -0.3 is 10.4 Å². The van der Waals surface area contributed by atoms with Crippen molar-refractivity contribution >= 4 is 0 Å². The zero-order valence-corrected chi connectivity index (χ0v) is 10.5. The fourth-order valence-corrected chi connectivity index (χ4v) is 3.36. The smallest absolute Gasteiger partial charge is 0.0568 e. The van der Waals surface area contributed by atoms with Crippen LogP contribution in [0.1, 0.15) is 57.8 Å². The van der Waals surface area contributed by atoms with Crippen LogP contribution >= 0.6 is 0 Å². The van der Waals surface area contributed by atoms with E-state index in [0.29, 0.717) is 5.92 Å². The molecule has 0 amide bonds. The largest absolute Gasteiger partial charge is 0.393 e. The second-order valence-electron chi connectivity index (χ2n) is 5.76. The van der Waals surface area contributed by atoms with Crippen LogP contribution in [0.15, 0.2) is 0 Å². The number of hydrogen-bond donors (Lipinski definition) is 2.